The first-order valence-electron chi connectivity index (χ1n) is 9.84. The number of nitrogens with one attached hydrogen (secondary N) is 1. The molecule has 1 aliphatic heterocycles. The molecule has 0 spiro atoms. The van der Waals surface area contributed by atoms with Crippen molar-refractivity contribution >= 4 is 5.91 Å². The first kappa shape index (κ1) is 19.4. The molecule has 0 saturated carbocycles. The maximum Gasteiger partial charge on any atom is 0.258 e. The van der Waals surface area contributed by atoms with Gasteiger partial charge in [0.2, 0.25) is 0 Å². The quantitative estimate of drug-likeness (QED) is 0.711. The summed E-state index contributed by atoms with van der Waals surface area (Å²) in [6.07, 6.45) is 0.571. The van der Waals surface area contributed by atoms with Gasteiger partial charge in [0.05, 0.1) is 24.3 Å². The molecule has 152 valence electrons. The van der Waals surface area contributed by atoms with Gasteiger partial charge in [-0.2, -0.15) is 5.10 Å². The van der Waals surface area contributed by atoms with Crippen LogP contribution in [0.1, 0.15) is 57.1 Å². The number of rotatable bonds is 5. The minimum absolute atomic E-state index is 0.0755. The predicted octanol–water partition coefficient (Wildman–Crippen LogP) is 3.80. The molecule has 2 aromatic heterocycles. The van der Waals surface area contributed by atoms with Gasteiger partial charge in [0.15, 0.2) is 5.82 Å². The Kier molecular flexibility index (Phi) is 5.24. The van der Waals surface area contributed by atoms with Crippen LogP contribution in [0.4, 0.5) is 0 Å². The highest BCUT2D eigenvalue weighted by Crippen LogP contribution is 2.34. The second-order valence-electron chi connectivity index (χ2n) is 7.74. The van der Waals surface area contributed by atoms with Gasteiger partial charge >= 0.3 is 0 Å². The lowest BCUT2D eigenvalue weighted by Gasteiger charge is -2.22. The SMILES string of the molecule is Cc1cccc(CO[C@H]2C[C@@H](c3n[nH]c(C)n3)N(C(=O)c3cc(C)oc3C)C2)c1. The van der Waals surface area contributed by atoms with Gasteiger partial charge in [-0.05, 0) is 39.3 Å². The Morgan fingerprint density at radius 3 is 2.76 bits per heavy atom. The third-order valence-corrected chi connectivity index (χ3v) is 5.28. The van der Waals surface area contributed by atoms with Crippen molar-refractivity contribution in [2.24, 2.45) is 0 Å². The van der Waals surface area contributed by atoms with Crippen molar-refractivity contribution in [3.8, 4) is 0 Å². The van der Waals surface area contributed by atoms with E-state index >= 15 is 0 Å². The molecule has 29 heavy (non-hydrogen) atoms. The zero-order chi connectivity index (χ0) is 20.5. The molecule has 0 bridgehead atoms. The van der Waals surface area contributed by atoms with Crippen molar-refractivity contribution in [2.75, 3.05) is 6.54 Å². The van der Waals surface area contributed by atoms with Crippen LogP contribution in [0, 0.1) is 27.7 Å². The monoisotopic (exact) mass is 394 g/mol. The van der Waals surface area contributed by atoms with E-state index < -0.39 is 0 Å². The molecule has 0 radical (unpaired) electrons. The number of carbonyl (C=O) groups excluding carboxylic acids is 1. The van der Waals surface area contributed by atoms with Crippen LogP contribution in [-0.4, -0.2) is 38.6 Å². The van der Waals surface area contributed by atoms with Crippen LogP contribution in [0.25, 0.3) is 0 Å². The molecule has 4 rings (SSSR count). The first-order valence-corrected chi connectivity index (χ1v) is 9.84. The average molecular weight is 394 g/mol. The summed E-state index contributed by atoms with van der Waals surface area (Å²) in [6.45, 7) is 8.58. The Bertz CT molecular complexity index is 1020. The highest BCUT2D eigenvalue weighted by molar-refractivity contribution is 5.95. The number of nitrogens with zero attached hydrogens (tertiary/aromatic N) is 3. The number of H-pyrrole nitrogens is 1. The Balaban J connectivity index is 1.54. The predicted molar refractivity (Wildman–Crippen MR) is 107 cm³/mol. The lowest BCUT2D eigenvalue weighted by atomic mass is 10.1. The minimum atomic E-state index is -0.232. The number of aromatic amines is 1. The van der Waals surface area contributed by atoms with Crippen LogP contribution < -0.4 is 0 Å². The van der Waals surface area contributed by atoms with Gasteiger partial charge in [0, 0.05) is 13.0 Å². The largest absolute Gasteiger partial charge is 0.466 e. The van der Waals surface area contributed by atoms with Crippen molar-refractivity contribution in [3.63, 3.8) is 0 Å². The summed E-state index contributed by atoms with van der Waals surface area (Å²) in [6, 6.07) is 9.82. The molecule has 7 heteroatoms. The fourth-order valence-corrected chi connectivity index (χ4v) is 3.91. The smallest absolute Gasteiger partial charge is 0.258 e. The highest BCUT2D eigenvalue weighted by Gasteiger charge is 2.40. The van der Waals surface area contributed by atoms with Crippen LogP contribution in [0.15, 0.2) is 34.7 Å². The normalized spacial score (nSPS) is 19.1. The second-order valence-corrected chi connectivity index (χ2v) is 7.74. The molecule has 7 nitrogen and oxygen atoms in total. The van der Waals surface area contributed by atoms with E-state index in [4.69, 9.17) is 9.15 Å². The molecular formula is C22H26N4O3. The van der Waals surface area contributed by atoms with E-state index in [0.717, 1.165) is 17.1 Å². The fourth-order valence-electron chi connectivity index (χ4n) is 3.91. The van der Waals surface area contributed by atoms with E-state index in [9.17, 15) is 4.79 Å². The molecule has 1 aliphatic rings. The van der Waals surface area contributed by atoms with Crippen LogP contribution in [0.2, 0.25) is 0 Å². The Labute approximate surface area is 170 Å². The molecule has 1 saturated heterocycles. The summed E-state index contributed by atoms with van der Waals surface area (Å²) >= 11 is 0. The Hall–Kier alpha value is -2.93. The van der Waals surface area contributed by atoms with Crippen LogP contribution in [0.5, 0.6) is 0 Å². The van der Waals surface area contributed by atoms with Gasteiger partial charge < -0.3 is 14.1 Å². The van der Waals surface area contributed by atoms with Crippen LogP contribution in [-0.2, 0) is 11.3 Å². The number of hydrogen-bond donors (Lipinski definition) is 1. The topological polar surface area (TPSA) is 84.2 Å². The van der Waals surface area contributed by atoms with Crippen molar-refractivity contribution in [2.45, 2.75) is 52.9 Å². The van der Waals surface area contributed by atoms with E-state index in [1.54, 1.807) is 11.0 Å². The molecule has 1 N–H and O–H groups in total. The van der Waals surface area contributed by atoms with E-state index in [-0.39, 0.29) is 18.1 Å². The number of benzene rings is 1. The van der Waals surface area contributed by atoms with Crippen LogP contribution >= 0.6 is 0 Å². The molecule has 2 atom stereocenters. The van der Waals surface area contributed by atoms with Gasteiger partial charge in [0.25, 0.3) is 5.91 Å². The second kappa shape index (κ2) is 7.83. The summed E-state index contributed by atoms with van der Waals surface area (Å²) in [5.41, 5.74) is 2.91. The van der Waals surface area contributed by atoms with Gasteiger partial charge in [-0.15, -0.1) is 0 Å². The summed E-state index contributed by atoms with van der Waals surface area (Å²) in [5.74, 6) is 2.62. The minimum Gasteiger partial charge on any atom is -0.466 e. The number of hydrogen-bond acceptors (Lipinski definition) is 5. The Morgan fingerprint density at radius 1 is 1.28 bits per heavy atom. The Morgan fingerprint density at radius 2 is 2.10 bits per heavy atom. The molecule has 0 aliphatic carbocycles. The molecule has 1 aromatic carbocycles. The molecular weight excluding hydrogens is 368 g/mol. The standard InChI is InChI=1S/C22H26N4O3/c1-13-6-5-7-17(8-13)12-28-18-10-20(21-23-16(4)24-25-21)26(11-18)22(27)19-9-14(2)29-15(19)3/h5-9,18,20H,10-12H2,1-4H3,(H,23,24,25)/t18-,20-/m0/s1. The maximum atomic E-state index is 13.3. The number of aromatic nitrogens is 3. The number of likely N-dealkylation sites (tertiary alicyclic amines) is 1. The van der Waals surface area contributed by atoms with E-state index in [1.165, 1.54) is 5.56 Å². The zero-order valence-electron chi connectivity index (χ0n) is 17.2. The summed E-state index contributed by atoms with van der Waals surface area (Å²) in [5, 5.41) is 7.19. The maximum absolute atomic E-state index is 13.3. The third-order valence-electron chi connectivity index (χ3n) is 5.28. The van der Waals surface area contributed by atoms with Crippen molar-refractivity contribution in [3.05, 3.63) is 70.2 Å². The molecule has 1 amide bonds. The molecule has 3 heterocycles. The summed E-state index contributed by atoms with van der Waals surface area (Å²) in [4.78, 5) is 19.6. The fraction of sp³-hybridized carbons (Fsp3) is 0.409. The van der Waals surface area contributed by atoms with Gasteiger partial charge in [-0.1, -0.05) is 29.8 Å². The van der Waals surface area contributed by atoms with E-state index in [0.29, 0.717) is 36.7 Å². The molecule has 3 aromatic rings. The van der Waals surface area contributed by atoms with E-state index in [1.807, 2.05) is 26.8 Å². The van der Waals surface area contributed by atoms with Crippen LogP contribution in [0.3, 0.4) is 0 Å². The zero-order valence-corrected chi connectivity index (χ0v) is 17.2. The van der Waals surface area contributed by atoms with E-state index in [2.05, 4.69) is 40.3 Å². The summed E-state index contributed by atoms with van der Waals surface area (Å²) in [7, 11) is 0. The average Bonchev–Trinajstić information content (AvgIpc) is 3.38. The van der Waals surface area contributed by atoms with Crippen molar-refractivity contribution in [1.82, 2.24) is 20.1 Å². The third kappa shape index (κ3) is 4.10. The van der Waals surface area contributed by atoms with Gasteiger partial charge in [-0.25, -0.2) is 4.98 Å². The summed E-state index contributed by atoms with van der Waals surface area (Å²) < 4.78 is 11.7. The molecule has 0 unspecified atom stereocenters. The lowest BCUT2D eigenvalue weighted by Crippen LogP contribution is -2.32. The number of furan rings is 1. The van der Waals surface area contributed by atoms with Gasteiger partial charge in [0.1, 0.15) is 17.3 Å². The number of aryl methyl sites for hydroxylation is 4. The van der Waals surface area contributed by atoms with Crippen molar-refractivity contribution < 1.29 is 13.9 Å². The molecule has 1 fully saturated rings. The number of amides is 1. The highest BCUT2D eigenvalue weighted by atomic mass is 16.5. The number of ether oxygens (including phenoxy) is 1. The van der Waals surface area contributed by atoms with Gasteiger partial charge in [-0.3, -0.25) is 9.89 Å². The number of carbonyl (C=O) groups is 1. The lowest BCUT2D eigenvalue weighted by molar-refractivity contribution is 0.0437. The first-order chi connectivity index (χ1) is 13.9. The van der Waals surface area contributed by atoms with Crippen molar-refractivity contribution in [1.29, 1.82) is 0 Å².